The molecule has 0 atom stereocenters. The number of rotatable bonds is 4. The van der Waals surface area contributed by atoms with Gasteiger partial charge >= 0.3 is 0 Å². The van der Waals surface area contributed by atoms with Gasteiger partial charge in [-0.05, 0) is 55.3 Å². The summed E-state index contributed by atoms with van der Waals surface area (Å²) in [5, 5.41) is 0. The number of nitrogens with two attached hydrogens (primary N) is 1. The minimum absolute atomic E-state index is 0.670. The van der Waals surface area contributed by atoms with Crippen LogP contribution in [-0.2, 0) is 6.42 Å². The van der Waals surface area contributed by atoms with Gasteiger partial charge < -0.3 is 10.5 Å². The quantitative estimate of drug-likeness (QED) is 0.875. The Morgan fingerprint density at radius 2 is 2.12 bits per heavy atom. The van der Waals surface area contributed by atoms with Gasteiger partial charge in [-0.15, -0.1) is 0 Å². The van der Waals surface area contributed by atoms with Crippen LogP contribution in [0.2, 0.25) is 0 Å². The van der Waals surface area contributed by atoms with E-state index in [0.717, 1.165) is 17.9 Å². The molecule has 2 N–H and O–H groups in total. The Labute approximate surface area is 101 Å². The third-order valence-electron chi connectivity index (χ3n) is 2.60. The zero-order chi connectivity index (χ0) is 12.1. The summed E-state index contributed by atoms with van der Waals surface area (Å²) in [7, 11) is 0. The van der Waals surface area contributed by atoms with Crippen molar-refractivity contribution in [3.63, 3.8) is 0 Å². The van der Waals surface area contributed by atoms with Crippen LogP contribution in [0.1, 0.15) is 11.1 Å². The van der Waals surface area contributed by atoms with Crippen LogP contribution in [0.15, 0.2) is 42.7 Å². The standard InChI is InChI=1S/C14H16N2O/c1-11-9-13(5-4-12(11)6-7-15)17-14-3-2-8-16-10-14/h2-5,8-10H,6-7,15H2,1H3. The van der Waals surface area contributed by atoms with Gasteiger partial charge in [0.2, 0.25) is 0 Å². The lowest BCUT2D eigenvalue weighted by atomic mass is 10.1. The van der Waals surface area contributed by atoms with Crippen LogP contribution in [0.4, 0.5) is 0 Å². The number of hydrogen-bond acceptors (Lipinski definition) is 3. The van der Waals surface area contributed by atoms with Gasteiger partial charge in [0, 0.05) is 6.20 Å². The first-order valence-electron chi connectivity index (χ1n) is 5.67. The Morgan fingerprint density at radius 3 is 2.76 bits per heavy atom. The molecule has 1 heterocycles. The fourth-order valence-electron chi connectivity index (χ4n) is 1.71. The molecule has 0 unspecified atom stereocenters. The highest BCUT2D eigenvalue weighted by Crippen LogP contribution is 2.23. The molecule has 0 aliphatic rings. The minimum Gasteiger partial charge on any atom is -0.456 e. The Bertz CT molecular complexity index is 483. The predicted octanol–water partition coefficient (Wildman–Crippen LogP) is 2.68. The van der Waals surface area contributed by atoms with Crippen molar-refractivity contribution in [2.24, 2.45) is 5.73 Å². The van der Waals surface area contributed by atoms with Crippen molar-refractivity contribution < 1.29 is 4.74 Å². The van der Waals surface area contributed by atoms with Gasteiger partial charge in [-0.1, -0.05) is 6.07 Å². The molecule has 17 heavy (non-hydrogen) atoms. The zero-order valence-corrected chi connectivity index (χ0v) is 9.89. The van der Waals surface area contributed by atoms with Gasteiger partial charge in [0.1, 0.15) is 11.5 Å². The van der Waals surface area contributed by atoms with Crippen molar-refractivity contribution in [2.45, 2.75) is 13.3 Å². The fourth-order valence-corrected chi connectivity index (χ4v) is 1.71. The molecular formula is C14H16N2O. The molecule has 0 saturated carbocycles. The van der Waals surface area contributed by atoms with Crippen molar-refractivity contribution in [1.82, 2.24) is 4.98 Å². The van der Waals surface area contributed by atoms with Crippen molar-refractivity contribution in [2.75, 3.05) is 6.54 Å². The van der Waals surface area contributed by atoms with Gasteiger partial charge in [-0.2, -0.15) is 0 Å². The zero-order valence-electron chi connectivity index (χ0n) is 9.89. The van der Waals surface area contributed by atoms with Crippen molar-refractivity contribution in [3.8, 4) is 11.5 Å². The average Bonchev–Trinajstić information content (AvgIpc) is 2.34. The maximum Gasteiger partial charge on any atom is 0.145 e. The van der Waals surface area contributed by atoms with Crippen LogP contribution >= 0.6 is 0 Å². The molecule has 0 aliphatic heterocycles. The largest absolute Gasteiger partial charge is 0.456 e. The second-order valence-electron chi connectivity index (χ2n) is 3.92. The van der Waals surface area contributed by atoms with Crippen LogP contribution in [0.5, 0.6) is 11.5 Å². The molecule has 0 saturated heterocycles. The highest BCUT2D eigenvalue weighted by Gasteiger charge is 2.01. The Morgan fingerprint density at radius 1 is 1.24 bits per heavy atom. The molecule has 3 heteroatoms. The number of aryl methyl sites for hydroxylation is 1. The third-order valence-corrected chi connectivity index (χ3v) is 2.60. The molecule has 1 aromatic heterocycles. The summed E-state index contributed by atoms with van der Waals surface area (Å²) in [5.41, 5.74) is 8.03. The van der Waals surface area contributed by atoms with E-state index < -0.39 is 0 Å². The van der Waals surface area contributed by atoms with E-state index >= 15 is 0 Å². The summed E-state index contributed by atoms with van der Waals surface area (Å²) in [6, 6.07) is 9.79. The SMILES string of the molecule is Cc1cc(Oc2cccnc2)ccc1CCN. The molecule has 3 nitrogen and oxygen atoms in total. The number of pyridine rings is 1. The summed E-state index contributed by atoms with van der Waals surface area (Å²) in [5.74, 6) is 1.58. The second-order valence-corrected chi connectivity index (χ2v) is 3.92. The number of nitrogens with zero attached hydrogens (tertiary/aromatic N) is 1. The van der Waals surface area contributed by atoms with Gasteiger partial charge in [0.15, 0.2) is 0 Å². The number of benzene rings is 1. The van der Waals surface area contributed by atoms with Gasteiger partial charge in [-0.25, -0.2) is 0 Å². The summed E-state index contributed by atoms with van der Waals surface area (Å²) in [4.78, 5) is 4.01. The topological polar surface area (TPSA) is 48.1 Å². The first kappa shape index (κ1) is 11.6. The lowest BCUT2D eigenvalue weighted by Gasteiger charge is -2.09. The van der Waals surface area contributed by atoms with E-state index in [4.69, 9.17) is 10.5 Å². The van der Waals surface area contributed by atoms with Gasteiger partial charge in [0.05, 0.1) is 6.20 Å². The molecule has 1 aromatic carbocycles. The predicted molar refractivity (Wildman–Crippen MR) is 68.2 cm³/mol. The maximum atomic E-state index is 5.70. The van der Waals surface area contributed by atoms with Crippen molar-refractivity contribution in [1.29, 1.82) is 0 Å². The van der Waals surface area contributed by atoms with E-state index in [1.807, 2.05) is 24.3 Å². The molecule has 88 valence electrons. The van der Waals surface area contributed by atoms with Crippen LogP contribution in [-0.4, -0.2) is 11.5 Å². The lowest BCUT2D eigenvalue weighted by molar-refractivity contribution is 0.479. The monoisotopic (exact) mass is 228 g/mol. The highest BCUT2D eigenvalue weighted by molar-refractivity contribution is 5.37. The van der Waals surface area contributed by atoms with Crippen LogP contribution in [0, 0.1) is 6.92 Å². The number of aromatic nitrogens is 1. The maximum absolute atomic E-state index is 5.70. The molecule has 0 fully saturated rings. The fraction of sp³-hybridized carbons (Fsp3) is 0.214. The summed E-state index contributed by atoms with van der Waals surface area (Å²) in [6.07, 6.45) is 4.32. The van der Waals surface area contributed by atoms with E-state index in [0.29, 0.717) is 6.54 Å². The van der Waals surface area contributed by atoms with E-state index in [1.165, 1.54) is 11.1 Å². The van der Waals surface area contributed by atoms with Crippen LogP contribution < -0.4 is 10.5 Å². The van der Waals surface area contributed by atoms with Gasteiger partial charge in [0.25, 0.3) is 0 Å². The number of ether oxygens (including phenoxy) is 1. The van der Waals surface area contributed by atoms with Crippen LogP contribution in [0.3, 0.4) is 0 Å². The Balaban J connectivity index is 2.15. The van der Waals surface area contributed by atoms with E-state index in [2.05, 4.69) is 18.0 Å². The molecule has 2 aromatic rings. The summed E-state index contributed by atoms with van der Waals surface area (Å²) >= 11 is 0. The summed E-state index contributed by atoms with van der Waals surface area (Å²) in [6.45, 7) is 2.74. The van der Waals surface area contributed by atoms with E-state index in [-0.39, 0.29) is 0 Å². The normalized spacial score (nSPS) is 10.2. The van der Waals surface area contributed by atoms with E-state index in [1.54, 1.807) is 12.4 Å². The van der Waals surface area contributed by atoms with Crippen LogP contribution in [0.25, 0.3) is 0 Å². The third kappa shape index (κ3) is 3.04. The van der Waals surface area contributed by atoms with E-state index in [9.17, 15) is 0 Å². The first-order chi connectivity index (χ1) is 8.29. The Hall–Kier alpha value is -1.87. The molecule has 0 radical (unpaired) electrons. The molecule has 2 rings (SSSR count). The van der Waals surface area contributed by atoms with Crippen molar-refractivity contribution >= 4 is 0 Å². The molecule has 0 spiro atoms. The molecule has 0 bridgehead atoms. The Kier molecular flexibility index (Phi) is 3.73. The second kappa shape index (κ2) is 5.46. The molecular weight excluding hydrogens is 212 g/mol. The highest BCUT2D eigenvalue weighted by atomic mass is 16.5. The smallest absolute Gasteiger partial charge is 0.145 e. The molecule has 0 amide bonds. The van der Waals surface area contributed by atoms with Gasteiger partial charge in [-0.3, -0.25) is 4.98 Å². The lowest BCUT2D eigenvalue weighted by Crippen LogP contribution is -2.04. The average molecular weight is 228 g/mol. The first-order valence-corrected chi connectivity index (χ1v) is 5.67. The van der Waals surface area contributed by atoms with Crippen molar-refractivity contribution in [3.05, 3.63) is 53.9 Å². The minimum atomic E-state index is 0.670. The molecule has 0 aliphatic carbocycles. The number of hydrogen-bond donors (Lipinski definition) is 1. The summed E-state index contributed by atoms with van der Waals surface area (Å²) < 4.78 is 5.70.